The Morgan fingerprint density at radius 3 is 2.91 bits per heavy atom. The van der Waals surface area contributed by atoms with Gasteiger partial charge in [-0.15, -0.1) is 0 Å². The third kappa shape index (κ3) is 3.29. The van der Waals surface area contributed by atoms with E-state index in [1.807, 2.05) is 30.0 Å². The number of urea groups is 1. The molecule has 122 valence electrons. The average molecular weight is 376 g/mol. The lowest BCUT2D eigenvalue weighted by Gasteiger charge is -2.37. The number of rotatable bonds is 3. The summed E-state index contributed by atoms with van der Waals surface area (Å²) in [6.45, 7) is 5.78. The highest BCUT2D eigenvalue weighted by atomic mass is 79.9. The molecular formula is C18H22BrN3O. The first-order valence-electron chi connectivity index (χ1n) is 8.09. The molecule has 2 amide bonds. The number of nitrogens with zero attached hydrogens (tertiary/aromatic N) is 2. The van der Waals surface area contributed by atoms with Crippen molar-refractivity contribution in [3.8, 4) is 0 Å². The fraction of sp³-hybridized carbons (Fsp3) is 0.389. The zero-order chi connectivity index (χ0) is 16.4. The lowest BCUT2D eigenvalue weighted by molar-refractivity contribution is 0.163. The van der Waals surface area contributed by atoms with Crippen molar-refractivity contribution < 1.29 is 4.79 Å². The molecule has 1 N–H and O–H groups in total. The molecule has 0 unspecified atom stereocenters. The van der Waals surface area contributed by atoms with Crippen LogP contribution in [-0.2, 0) is 6.54 Å². The second kappa shape index (κ2) is 6.79. The van der Waals surface area contributed by atoms with Crippen LogP contribution in [0.5, 0.6) is 0 Å². The molecule has 2 aromatic rings. The van der Waals surface area contributed by atoms with E-state index in [0.29, 0.717) is 0 Å². The van der Waals surface area contributed by atoms with Crippen LogP contribution in [-0.4, -0.2) is 22.0 Å². The van der Waals surface area contributed by atoms with Crippen LogP contribution in [0.2, 0.25) is 0 Å². The van der Waals surface area contributed by atoms with Gasteiger partial charge in [0.2, 0.25) is 0 Å². The number of benzene rings is 1. The van der Waals surface area contributed by atoms with Crippen molar-refractivity contribution >= 4 is 27.6 Å². The monoisotopic (exact) mass is 375 g/mol. The Balaban J connectivity index is 1.79. The van der Waals surface area contributed by atoms with E-state index in [0.717, 1.165) is 41.7 Å². The number of hydrogen-bond acceptors (Lipinski definition) is 1. The summed E-state index contributed by atoms with van der Waals surface area (Å²) in [7, 11) is 0. The first-order valence-corrected chi connectivity index (χ1v) is 8.88. The van der Waals surface area contributed by atoms with Gasteiger partial charge in [0.05, 0.1) is 6.04 Å². The van der Waals surface area contributed by atoms with E-state index >= 15 is 0 Å². The molecule has 0 fully saturated rings. The average Bonchev–Trinajstić information content (AvgIpc) is 3.00. The van der Waals surface area contributed by atoms with Crippen molar-refractivity contribution in [3.05, 3.63) is 52.3 Å². The van der Waals surface area contributed by atoms with Gasteiger partial charge in [0.15, 0.2) is 0 Å². The van der Waals surface area contributed by atoms with E-state index in [4.69, 9.17) is 0 Å². The summed E-state index contributed by atoms with van der Waals surface area (Å²) in [5.41, 5.74) is 3.19. The Hall–Kier alpha value is -1.75. The Morgan fingerprint density at radius 2 is 2.17 bits per heavy atom. The fourth-order valence-electron chi connectivity index (χ4n) is 3.20. The summed E-state index contributed by atoms with van der Waals surface area (Å²) in [6.07, 6.45) is 4.14. The van der Waals surface area contributed by atoms with E-state index in [1.54, 1.807) is 0 Å². The van der Waals surface area contributed by atoms with Crippen LogP contribution in [0.15, 0.2) is 41.0 Å². The van der Waals surface area contributed by atoms with Gasteiger partial charge in [-0.2, -0.15) is 0 Å². The van der Waals surface area contributed by atoms with Crippen molar-refractivity contribution in [3.63, 3.8) is 0 Å². The Bertz CT molecular complexity index is 710. The van der Waals surface area contributed by atoms with Crippen LogP contribution in [0.3, 0.4) is 0 Å². The lowest BCUT2D eigenvalue weighted by Crippen LogP contribution is -2.44. The number of nitrogens with one attached hydrogen (secondary N) is 1. The van der Waals surface area contributed by atoms with Gasteiger partial charge in [-0.3, -0.25) is 0 Å². The van der Waals surface area contributed by atoms with Crippen molar-refractivity contribution in [2.75, 3.05) is 11.9 Å². The number of anilines is 1. The van der Waals surface area contributed by atoms with Crippen LogP contribution in [0.4, 0.5) is 10.5 Å². The molecule has 1 aromatic heterocycles. The van der Waals surface area contributed by atoms with Gasteiger partial charge >= 0.3 is 6.03 Å². The highest BCUT2D eigenvalue weighted by Gasteiger charge is 2.30. The minimum Gasteiger partial charge on any atom is -0.348 e. The SMILES string of the molecule is CCC[C@@H]1c2cccn2CCN1C(=O)Nc1ccc(Br)c(C)c1. The summed E-state index contributed by atoms with van der Waals surface area (Å²) in [6, 6.07) is 10.2. The Labute approximate surface area is 145 Å². The molecule has 0 saturated heterocycles. The van der Waals surface area contributed by atoms with E-state index < -0.39 is 0 Å². The summed E-state index contributed by atoms with van der Waals surface area (Å²) in [5.74, 6) is 0. The molecule has 1 aliphatic heterocycles. The molecule has 1 aliphatic rings. The van der Waals surface area contributed by atoms with E-state index in [9.17, 15) is 4.79 Å². The molecule has 1 aromatic carbocycles. The van der Waals surface area contributed by atoms with Gasteiger partial charge in [-0.25, -0.2) is 4.79 Å². The number of carbonyl (C=O) groups excluding carboxylic acids is 1. The maximum atomic E-state index is 12.8. The molecule has 0 saturated carbocycles. The quantitative estimate of drug-likeness (QED) is 0.809. The molecule has 0 radical (unpaired) electrons. The molecule has 0 aliphatic carbocycles. The standard InChI is InChI=1S/C18H22BrN3O/c1-3-5-17-16-6-4-9-21(16)10-11-22(17)18(23)20-14-7-8-15(19)13(2)12-14/h4,6-9,12,17H,3,5,10-11H2,1-2H3,(H,20,23)/t17-/m1/s1. The number of aromatic nitrogens is 1. The molecule has 0 spiro atoms. The van der Waals surface area contributed by atoms with Crippen LogP contribution in [0.1, 0.15) is 37.1 Å². The van der Waals surface area contributed by atoms with E-state index in [1.165, 1.54) is 5.69 Å². The highest BCUT2D eigenvalue weighted by Crippen LogP contribution is 2.30. The summed E-state index contributed by atoms with van der Waals surface area (Å²) in [5, 5.41) is 3.05. The van der Waals surface area contributed by atoms with Gasteiger partial charge in [-0.1, -0.05) is 29.3 Å². The first kappa shape index (κ1) is 16.1. The minimum atomic E-state index is -0.0161. The maximum Gasteiger partial charge on any atom is 0.322 e. The zero-order valence-electron chi connectivity index (χ0n) is 13.6. The van der Waals surface area contributed by atoms with Crippen LogP contribution in [0.25, 0.3) is 0 Å². The molecule has 5 heteroatoms. The fourth-order valence-corrected chi connectivity index (χ4v) is 3.45. The van der Waals surface area contributed by atoms with Crippen molar-refractivity contribution in [2.24, 2.45) is 0 Å². The highest BCUT2D eigenvalue weighted by molar-refractivity contribution is 9.10. The van der Waals surface area contributed by atoms with Gasteiger partial charge in [0, 0.05) is 35.1 Å². The topological polar surface area (TPSA) is 37.3 Å². The van der Waals surface area contributed by atoms with Gasteiger partial charge in [0.1, 0.15) is 0 Å². The first-order chi connectivity index (χ1) is 11.1. The second-order valence-electron chi connectivity index (χ2n) is 6.02. The number of hydrogen-bond donors (Lipinski definition) is 1. The van der Waals surface area contributed by atoms with Gasteiger partial charge in [-0.05, 0) is 49.2 Å². The molecule has 0 bridgehead atoms. The minimum absolute atomic E-state index is 0.0161. The third-order valence-corrected chi connectivity index (χ3v) is 5.29. The number of amides is 2. The largest absolute Gasteiger partial charge is 0.348 e. The third-order valence-electron chi connectivity index (χ3n) is 4.40. The molecule has 3 rings (SSSR count). The van der Waals surface area contributed by atoms with E-state index in [-0.39, 0.29) is 12.1 Å². The number of halogens is 1. The summed E-state index contributed by atoms with van der Waals surface area (Å²) in [4.78, 5) is 14.7. The summed E-state index contributed by atoms with van der Waals surface area (Å²) < 4.78 is 3.31. The van der Waals surface area contributed by atoms with Crippen molar-refractivity contribution in [1.29, 1.82) is 0 Å². The summed E-state index contributed by atoms with van der Waals surface area (Å²) >= 11 is 3.49. The Kier molecular flexibility index (Phi) is 4.76. The van der Waals surface area contributed by atoms with Crippen LogP contribution in [0, 0.1) is 6.92 Å². The van der Waals surface area contributed by atoms with Gasteiger partial charge in [0.25, 0.3) is 0 Å². The normalized spacial score (nSPS) is 17.0. The maximum absolute atomic E-state index is 12.8. The lowest BCUT2D eigenvalue weighted by atomic mass is 10.0. The predicted molar refractivity (Wildman–Crippen MR) is 96.7 cm³/mol. The van der Waals surface area contributed by atoms with Crippen LogP contribution < -0.4 is 5.32 Å². The zero-order valence-corrected chi connectivity index (χ0v) is 15.1. The molecule has 2 heterocycles. The smallest absolute Gasteiger partial charge is 0.322 e. The molecule has 1 atom stereocenters. The van der Waals surface area contributed by atoms with Crippen LogP contribution >= 0.6 is 15.9 Å². The second-order valence-corrected chi connectivity index (χ2v) is 6.87. The molecular weight excluding hydrogens is 354 g/mol. The number of carbonyl (C=O) groups is 1. The number of fused-ring (bicyclic) bond motifs is 1. The van der Waals surface area contributed by atoms with E-state index in [2.05, 4.69) is 51.1 Å². The van der Waals surface area contributed by atoms with Gasteiger partial charge < -0.3 is 14.8 Å². The Morgan fingerprint density at radius 1 is 1.35 bits per heavy atom. The van der Waals surface area contributed by atoms with Crippen molar-refractivity contribution in [1.82, 2.24) is 9.47 Å². The number of aryl methyl sites for hydroxylation is 1. The molecule has 23 heavy (non-hydrogen) atoms. The van der Waals surface area contributed by atoms with Crippen molar-refractivity contribution in [2.45, 2.75) is 39.3 Å². The molecule has 4 nitrogen and oxygen atoms in total. The predicted octanol–water partition coefficient (Wildman–Crippen LogP) is 4.95.